The van der Waals surface area contributed by atoms with Gasteiger partial charge in [0, 0.05) is 6.61 Å². The Morgan fingerprint density at radius 1 is 1.38 bits per heavy atom. The number of aliphatic hydroxyl groups excluding tert-OH is 1. The number of aliphatic hydroxyl groups is 1. The van der Waals surface area contributed by atoms with E-state index in [4.69, 9.17) is 5.11 Å². The minimum Gasteiger partial charge on any atom is -0.396 e. The summed E-state index contributed by atoms with van der Waals surface area (Å²) >= 11 is 0. The summed E-state index contributed by atoms with van der Waals surface area (Å²) < 4.78 is 49.8. The maximum Gasteiger partial charge on any atom is 0.422 e. The molecule has 0 heterocycles. The predicted molar refractivity (Wildman–Crippen MR) is 38.9 cm³/mol. The largest absolute Gasteiger partial charge is 0.422 e. The second kappa shape index (κ2) is 3.44. The van der Waals surface area contributed by atoms with Crippen molar-refractivity contribution in [1.82, 2.24) is 0 Å². The van der Waals surface area contributed by atoms with Crippen molar-refractivity contribution in [3.63, 3.8) is 0 Å². The van der Waals surface area contributed by atoms with Gasteiger partial charge in [-0.25, -0.2) is 4.39 Å². The van der Waals surface area contributed by atoms with Gasteiger partial charge in [-0.1, -0.05) is 0 Å². The summed E-state index contributed by atoms with van der Waals surface area (Å²) in [4.78, 5) is 0. The maximum absolute atomic E-state index is 13.3. The molecule has 0 aliphatic heterocycles. The molecule has 1 fully saturated rings. The third-order valence-electron chi connectivity index (χ3n) is 2.56. The summed E-state index contributed by atoms with van der Waals surface area (Å²) in [7, 11) is 0. The van der Waals surface area contributed by atoms with Crippen molar-refractivity contribution >= 4 is 0 Å². The summed E-state index contributed by atoms with van der Waals surface area (Å²) in [6.07, 6.45) is -5.17. The average Bonchev–Trinajstić information content (AvgIpc) is 2.02. The van der Waals surface area contributed by atoms with Crippen LogP contribution in [-0.2, 0) is 0 Å². The second-order valence-corrected chi connectivity index (χ2v) is 3.61. The number of alkyl halides is 4. The molecule has 0 aromatic heterocycles. The van der Waals surface area contributed by atoms with Crippen LogP contribution in [0.3, 0.4) is 0 Å². The smallest absolute Gasteiger partial charge is 0.396 e. The normalized spacial score (nSPS) is 36.2. The average molecular weight is 200 g/mol. The van der Waals surface area contributed by atoms with E-state index in [1.165, 1.54) is 0 Å². The van der Waals surface area contributed by atoms with E-state index in [0.29, 0.717) is 6.42 Å². The summed E-state index contributed by atoms with van der Waals surface area (Å²) in [5, 5.41) is 8.65. The quantitative estimate of drug-likeness (QED) is 0.644. The summed E-state index contributed by atoms with van der Waals surface area (Å²) in [5.74, 6) is -0.541. The summed E-state index contributed by atoms with van der Waals surface area (Å²) in [6.45, 7) is -0.359. The molecule has 0 saturated heterocycles. The minimum absolute atomic E-state index is 0.196. The van der Waals surface area contributed by atoms with Gasteiger partial charge < -0.3 is 5.11 Å². The van der Waals surface area contributed by atoms with E-state index in [1.807, 2.05) is 0 Å². The highest BCUT2D eigenvalue weighted by Gasteiger charge is 2.57. The fourth-order valence-corrected chi connectivity index (χ4v) is 1.75. The molecule has 0 bridgehead atoms. The standard InChI is InChI=1S/C8H12F4O/c9-7(8(10,11)12)3-1-2-6(4-7)5-13/h6,13H,1-5H2. The first-order valence-corrected chi connectivity index (χ1v) is 4.25. The zero-order valence-corrected chi connectivity index (χ0v) is 7.07. The van der Waals surface area contributed by atoms with Gasteiger partial charge in [-0.2, -0.15) is 13.2 Å². The molecule has 78 valence electrons. The lowest BCUT2D eigenvalue weighted by Gasteiger charge is -2.35. The molecule has 5 heteroatoms. The van der Waals surface area contributed by atoms with Crippen molar-refractivity contribution in [3.8, 4) is 0 Å². The van der Waals surface area contributed by atoms with Gasteiger partial charge in [-0.05, 0) is 31.6 Å². The molecule has 0 spiro atoms. The molecule has 1 saturated carbocycles. The van der Waals surface area contributed by atoms with Crippen LogP contribution in [0.2, 0.25) is 0 Å². The molecule has 0 aromatic rings. The van der Waals surface area contributed by atoms with Gasteiger partial charge in [0.2, 0.25) is 5.67 Å². The lowest BCUT2D eigenvalue weighted by atomic mass is 9.79. The van der Waals surface area contributed by atoms with Gasteiger partial charge in [0.25, 0.3) is 0 Å². The first kappa shape index (κ1) is 10.8. The number of hydrogen-bond donors (Lipinski definition) is 1. The molecule has 2 atom stereocenters. The van der Waals surface area contributed by atoms with Crippen molar-refractivity contribution in [2.45, 2.75) is 37.5 Å². The Labute approximate surface area is 73.7 Å². The van der Waals surface area contributed by atoms with Crippen LogP contribution >= 0.6 is 0 Å². The Kier molecular flexibility index (Phi) is 2.85. The van der Waals surface area contributed by atoms with Gasteiger partial charge in [0.1, 0.15) is 0 Å². The first-order valence-electron chi connectivity index (χ1n) is 4.25. The van der Waals surface area contributed by atoms with Gasteiger partial charge in [-0.15, -0.1) is 0 Å². The SMILES string of the molecule is OCC1CCCC(F)(C(F)(F)F)C1. The molecule has 1 nitrogen and oxygen atoms in total. The molecule has 0 aromatic carbocycles. The Morgan fingerprint density at radius 2 is 2.00 bits per heavy atom. The highest BCUT2D eigenvalue weighted by atomic mass is 19.4. The molecule has 1 rings (SSSR count). The van der Waals surface area contributed by atoms with Crippen LogP contribution in [0.1, 0.15) is 25.7 Å². The number of hydrogen-bond acceptors (Lipinski definition) is 1. The van der Waals surface area contributed by atoms with Gasteiger partial charge >= 0.3 is 6.18 Å². The topological polar surface area (TPSA) is 20.2 Å². The molecule has 2 unspecified atom stereocenters. The van der Waals surface area contributed by atoms with E-state index >= 15 is 0 Å². The monoisotopic (exact) mass is 200 g/mol. The summed E-state index contributed by atoms with van der Waals surface area (Å²) in [6, 6.07) is 0. The zero-order chi connectivity index (χ0) is 10.1. The molecule has 0 amide bonds. The number of halogens is 4. The zero-order valence-electron chi connectivity index (χ0n) is 7.07. The molecule has 1 aliphatic rings. The van der Waals surface area contributed by atoms with E-state index in [9.17, 15) is 17.6 Å². The van der Waals surface area contributed by atoms with Crippen molar-refractivity contribution in [2.24, 2.45) is 5.92 Å². The van der Waals surface area contributed by atoms with Crippen LogP contribution in [0, 0.1) is 5.92 Å². The fourth-order valence-electron chi connectivity index (χ4n) is 1.75. The fraction of sp³-hybridized carbons (Fsp3) is 1.00. The molecule has 13 heavy (non-hydrogen) atoms. The van der Waals surface area contributed by atoms with Crippen LogP contribution in [0.15, 0.2) is 0 Å². The van der Waals surface area contributed by atoms with Gasteiger partial charge in [0.05, 0.1) is 0 Å². The Balaban J connectivity index is 2.68. The Hall–Kier alpha value is -0.320. The van der Waals surface area contributed by atoms with Crippen LogP contribution in [-0.4, -0.2) is 23.6 Å². The van der Waals surface area contributed by atoms with Gasteiger partial charge in [0.15, 0.2) is 0 Å². The van der Waals surface area contributed by atoms with Crippen LogP contribution in [0.4, 0.5) is 17.6 Å². The second-order valence-electron chi connectivity index (χ2n) is 3.61. The lowest BCUT2D eigenvalue weighted by molar-refractivity contribution is -0.245. The predicted octanol–water partition coefficient (Wildman–Crippen LogP) is 2.44. The molecular weight excluding hydrogens is 188 g/mol. The van der Waals surface area contributed by atoms with E-state index in [2.05, 4.69) is 0 Å². The Morgan fingerprint density at radius 3 is 2.46 bits per heavy atom. The van der Waals surface area contributed by atoms with Crippen LogP contribution < -0.4 is 0 Å². The van der Waals surface area contributed by atoms with E-state index in [0.717, 1.165) is 0 Å². The van der Waals surface area contributed by atoms with Crippen molar-refractivity contribution < 1.29 is 22.7 Å². The minimum atomic E-state index is -4.79. The highest BCUT2D eigenvalue weighted by Crippen LogP contribution is 2.46. The van der Waals surface area contributed by atoms with Crippen molar-refractivity contribution in [3.05, 3.63) is 0 Å². The van der Waals surface area contributed by atoms with E-state index < -0.39 is 30.6 Å². The Bertz CT molecular complexity index is 179. The summed E-state index contributed by atoms with van der Waals surface area (Å²) in [5.41, 5.74) is -3.07. The van der Waals surface area contributed by atoms with Crippen molar-refractivity contribution in [1.29, 1.82) is 0 Å². The van der Waals surface area contributed by atoms with Crippen LogP contribution in [0.25, 0.3) is 0 Å². The maximum atomic E-state index is 13.3. The highest BCUT2D eigenvalue weighted by molar-refractivity contribution is 4.92. The third kappa shape index (κ3) is 2.13. The van der Waals surface area contributed by atoms with Gasteiger partial charge in [-0.3, -0.25) is 0 Å². The number of rotatable bonds is 1. The van der Waals surface area contributed by atoms with E-state index in [-0.39, 0.29) is 13.0 Å². The van der Waals surface area contributed by atoms with Crippen molar-refractivity contribution in [2.75, 3.05) is 6.61 Å². The van der Waals surface area contributed by atoms with E-state index in [1.54, 1.807) is 0 Å². The molecule has 1 N–H and O–H groups in total. The third-order valence-corrected chi connectivity index (χ3v) is 2.56. The molecule has 1 aliphatic carbocycles. The lowest BCUT2D eigenvalue weighted by Crippen LogP contribution is -2.45. The molecule has 0 radical (unpaired) electrons. The van der Waals surface area contributed by atoms with Crippen LogP contribution in [0.5, 0.6) is 0 Å². The molecular formula is C8H12F4O. The first-order chi connectivity index (χ1) is 5.89.